The van der Waals surface area contributed by atoms with E-state index in [4.69, 9.17) is 5.73 Å². The van der Waals surface area contributed by atoms with Crippen LogP contribution in [-0.2, 0) is 16.3 Å². The molecule has 1 heterocycles. The number of benzene rings is 1. The van der Waals surface area contributed by atoms with Crippen LogP contribution in [0.1, 0.15) is 12.0 Å². The van der Waals surface area contributed by atoms with Gasteiger partial charge >= 0.3 is 0 Å². The fourth-order valence-corrected chi connectivity index (χ4v) is 4.84. The van der Waals surface area contributed by atoms with Crippen LogP contribution >= 0.6 is 15.9 Å². The van der Waals surface area contributed by atoms with E-state index in [2.05, 4.69) is 15.9 Å². The summed E-state index contributed by atoms with van der Waals surface area (Å²) in [7, 11) is -3.09. The van der Waals surface area contributed by atoms with Crippen LogP contribution in [0.3, 0.4) is 0 Å². The van der Waals surface area contributed by atoms with Gasteiger partial charge in [0.2, 0.25) is 0 Å². The summed E-state index contributed by atoms with van der Waals surface area (Å²) in [6.45, 7) is 0. The zero-order valence-corrected chi connectivity index (χ0v) is 12.4. The third-order valence-corrected chi connectivity index (χ3v) is 5.97. The number of nitro groups is 1. The van der Waals surface area contributed by atoms with Crippen LogP contribution in [0, 0.1) is 10.1 Å². The van der Waals surface area contributed by atoms with Crippen LogP contribution in [0.5, 0.6) is 0 Å². The first kappa shape index (κ1) is 14.4. The van der Waals surface area contributed by atoms with Crippen molar-refractivity contribution in [3.63, 3.8) is 0 Å². The summed E-state index contributed by atoms with van der Waals surface area (Å²) < 4.78 is 23.4. The second-order valence-electron chi connectivity index (χ2n) is 4.89. The van der Waals surface area contributed by atoms with E-state index in [9.17, 15) is 18.5 Å². The minimum atomic E-state index is -3.09. The second-order valence-corrected chi connectivity index (χ2v) is 7.87. The Morgan fingerprint density at radius 2 is 2.16 bits per heavy atom. The van der Waals surface area contributed by atoms with Crippen LogP contribution in [0.4, 0.5) is 5.69 Å². The van der Waals surface area contributed by atoms with Crippen LogP contribution in [0.15, 0.2) is 22.7 Å². The molecule has 1 aromatic rings. The van der Waals surface area contributed by atoms with Gasteiger partial charge in [0.15, 0.2) is 9.84 Å². The first-order chi connectivity index (χ1) is 8.72. The van der Waals surface area contributed by atoms with Crippen molar-refractivity contribution >= 4 is 31.5 Å². The molecule has 0 aromatic heterocycles. The number of hydrogen-bond acceptors (Lipinski definition) is 5. The fraction of sp³-hybridized carbons (Fsp3) is 0.455. The number of sulfone groups is 1. The average Bonchev–Trinajstić information content (AvgIpc) is 2.56. The van der Waals surface area contributed by atoms with Crippen molar-refractivity contribution in [1.82, 2.24) is 0 Å². The van der Waals surface area contributed by atoms with Crippen molar-refractivity contribution in [2.45, 2.75) is 18.4 Å². The maximum Gasteiger partial charge on any atom is 0.283 e. The molecular weight excluding hydrogens is 336 g/mol. The quantitative estimate of drug-likeness (QED) is 0.657. The van der Waals surface area contributed by atoms with Gasteiger partial charge in [-0.3, -0.25) is 10.1 Å². The maximum atomic E-state index is 11.5. The van der Waals surface area contributed by atoms with Gasteiger partial charge in [-0.05, 0) is 34.3 Å². The molecule has 1 aromatic carbocycles. The SMILES string of the molecule is NC1(Cc2cccc([N+](=O)[O-])c2Br)CCS(=O)(=O)C1. The molecule has 6 nitrogen and oxygen atoms in total. The Bertz CT molecular complexity index is 632. The fourth-order valence-electron chi connectivity index (χ4n) is 2.30. The summed E-state index contributed by atoms with van der Waals surface area (Å²) in [6.07, 6.45) is 0.680. The third kappa shape index (κ3) is 3.13. The second kappa shape index (κ2) is 4.84. The number of nitrogens with two attached hydrogens (primary N) is 1. The molecule has 19 heavy (non-hydrogen) atoms. The summed E-state index contributed by atoms with van der Waals surface area (Å²) in [5.41, 5.74) is 5.88. The summed E-state index contributed by atoms with van der Waals surface area (Å²) in [5, 5.41) is 10.8. The van der Waals surface area contributed by atoms with E-state index in [-0.39, 0.29) is 17.2 Å². The molecule has 1 saturated heterocycles. The van der Waals surface area contributed by atoms with Crippen molar-refractivity contribution in [2.75, 3.05) is 11.5 Å². The summed E-state index contributed by atoms with van der Waals surface area (Å²) in [4.78, 5) is 10.4. The highest BCUT2D eigenvalue weighted by Crippen LogP contribution is 2.33. The summed E-state index contributed by atoms with van der Waals surface area (Å²) in [6, 6.07) is 4.68. The number of rotatable bonds is 3. The molecule has 0 spiro atoms. The molecular formula is C11H13BrN2O4S. The largest absolute Gasteiger partial charge is 0.324 e. The van der Waals surface area contributed by atoms with Gasteiger partial charge in [0.25, 0.3) is 5.69 Å². The predicted octanol–water partition coefficient (Wildman–Crippen LogP) is 1.42. The smallest absolute Gasteiger partial charge is 0.283 e. The van der Waals surface area contributed by atoms with Gasteiger partial charge in [-0.15, -0.1) is 0 Å². The normalized spacial score (nSPS) is 25.4. The molecule has 1 fully saturated rings. The van der Waals surface area contributed by atoms with Gasteiger partial charge < -0.3 is 5.73 Å². The van der Waals surface area contributed by atoms with Crippen LogP contribution in [0.2, 0.25) is 0 Å². The van der Waals surface area contributed by atoms with E-state index in [0.29, 0.717) is 22.9 Å². The number of halogens is 1. The van der Waals surface area contributed by atoms with Gasteiger partial charge in [-0.1, -0.05) is 12.1 Å². The molecule has 0 radical (unpaired) electrons. The lowest BCUT2D eigenvalue weighted by Gasteiger charge is -2.22. The molecule has 2 rings (SSSR count). The third-order valence-electron chi connectivity index (χ3n) is 3.22. The monoisotopic (exact) mass is 348 g/mol. The Morgan fingerprint density at radius 3 is 2.68 bits per heavy atom. The highest BCUT2D eigenvalue weighted by atomic mass is 79.9. The standard InChI is InChI=1S/C11H13BrN2O4S/c12-10-8(2-1-3-9(10)14(15)16)6-11(13)4-5-19(17,18)7-11/h1-3H,4-7,13H2. The zero-order chi connectivity index (χ0) is 14.3. The molecule has 1 aliphatic rings. The van der Waals surface area contributed by atoms with E-state index in [1.54, 1.807) is 12.1 Å². The van der Waals surface area contributed by atoms with Crippen LogP contribution in [0.25, 0.3) is 0 Å². The minimum absolute atomic E-state index is 0.0399. The Kier molecular flexibility index (Phi) is 3.67. The minimum Gasteiger partial charge on any atom is -0.324 e. The van der Waals surface area contributed by atoms with E-state index >= 15 is 0 Å². The lowest BCUT2D eigenvalue weighted by Crippen LogP contribution is -2.43. The van der Waals surface area contributed by atoms with E-state index < -0.39 is 20.3 Å². The van der Waals surface area contributed by atoms with E-state index in [0.717, 1.165) is 0 Å². The molecule has 0 bridgehead atoms. The topological polar surface area (TPSA) is 103 Å². The molecule has 104 valence electrons. The highest BCUT2D eigenvalue weighted by Gasteiger charge is 2.39. The lowest BCUT2D eigenvalue weighted by molar-refractivity contribution is -0.385. The van der Waals surface area contributed by atoms with Gasteiger partial charge in [-0.25, -0.2) is 8.42 Å². The van der Waals surface area contributed by atoms with Gasteiger partial charge in [-0.2, -0.15) is 0 Å². The van der Waals surface area contributed by atoms with Gasteiger partial charge in [0, 0.05) is 11.6 Å². The Balaban J connectivity index is 2.30. The number of hydrogen-bond donors (Lipinski definition) is 1. The van der Waals surface area contributed by atoms with Crippen molar-refractivity contribution in [1.29, 1.82) is 0 Å². The molecule has 1 atom stereocenters. The first-order valence-corrected chi connectivity index (χ1v) is 8.25. The molecule has 2 N–H and O–H groups in total. The maximum absolute atomic E-state index is 11.5. The van der Waals surface area contributed by atoms with Crippen molar-refractivity contribution in [2.24, 2.45) is 5.73 Å². The first-order valence-electron chi connectivity index (χ1n) is 5.64. The van der Waals surface area contributed by atoms with Crippen molar-refractivity contribution in [3.05, 3.63) is 38.3 Å². The Hall–Kier alpha value is -0.990. The van der Waals surface area contributed by atoms with Crippen LogP contribution < -0.4 is 5.73 Å². The summed E-state index contributed by atoms with van der Waals surface area (Å²) in [5.74, 6) is 0.00514. The van der Waals surface area contributed by atoms with Gasteiger partial charge in [0.05, 0.1) is 20.9 Å². The van der Waals surface area contributed by atoms with E-state index in [1.807, 2.05) is 0 Å². The Morgan fingerprint density at radius 1 is 1.47 bits per heavy atom. The predicted molar refractivity (Wildman–Crippen MR) is 74.7 cm³/mol. The van der Waals surface area contributed by atoms with E-state index in [1.165, 1.54) is 6.07 Å². The molecule has 1 aliphatic heterocycles. The van der Waals surface area contributed by atoms with Crippen LogP contribution in [-0.4, -0.2) is 30.4 Å². The van der Waals surface area contributed by atoms with Crippen molar-refractivity contribution < 1.29 is 13.3 Å². The molecule has 0 aliphatic carbocycles. The average molecular weight is 349 g/mol. The lowest BCUT2D eigenvalue weighted by atomic mass is 9.91. The van der Waals surface area contributed by atoms with Crippen molar-refractivity contribution in [3.8, 4) is 0 Å². The molecule has 8 heteroatoms. The van der Waals surface area contributed by atoms with Gasteiger partial charge in [0.1, 0.15) is 0 Å². The zero-order valence-electron chi connectivity index (χ0n) is 10.0. The molecule has 0 amide bonds. The molecule has 0 saturated carbocycles. The Labute approximate surface area is 119 Å². The highest BCUT2D eigenvalue weighted by molar-refractivity contribution is 9.10. The number of nitro benzene ring substituents is 1. The number of nitrogens with zero attached hydrogens (tertiary/aromatic N) is 1. The summed E-state index contributed by atoms with van der Waals surface area (Å²) >= 11 is 3.20. The molecule has 1 unspecified atom stereocenters.